The minimum atomic E-state index is 0.197. The van der Waals surface area contributed by atoms with Gasteiger partial charge in [0.15, 0.2) is 0 Å². The van der Waals surface area contributed by atoms with Crippen LogP contribution in [0.2, 0.25) is 0 Å². The number of hydrogen-bond donors (Lipinski definition) is 0. The highest BCUT2D eigenvalue weighted by atomic mass is 16.1. The van der Waals surface area contributed by atoms with E-state index >= 15 is 0 Å². The highest BCUT2D eigenvalue weighted by Gasteiger charge is 2.25. The number of rotatable bonds is 16. The van der Waals surface area contributed by atoms with E-state index in [0.29, 0.717) is 5.78 Å². The van der Waals surface area contributed by atoms with Crippen LogP contribution in [0.4, 0.5) is 0 Å². The molecule has 2 rings (SSSR count). The number of unbranched alkanes of at least 4 members (excludes halogenated alkanes) is 6. The first-order valence-corrected chi connectivity index (χ1v) is 12.9. The van der Waals surface area contributed by atoms with Gasteiger partial charge in [0.25, 0.3) is 0 Å². The Morgan fingerprint density at radius 1 is 0.900 bits per heavy atom. The fourth-order valence-electron chi connectivity index (χ4n) is 4.96. The van der Waals surface area contributed by atoms with Crippen LogP contribution in [0.1, 0.15) is 109 Å². The second-order valence-corrected chi connectivity index (χ2v) is 9.82. The van der Waals surface area contributed by atoms with Crippen LogP contribution in [0, 0.1) is 17.8 Å². The first-order valence-electron chi connectivity index (χ1n) is 12.9. The van der Waals surface area contributed by atoms with Gasteiger partial charge in [-0.05, 0) is 55.9 Å². The minimum Gasteiger partial charge on any atom is -0.299 e. The molecule has 0 aromatic heterocycles. The molecule has 1 heteroatoms. The Bertz CT molecular complexity index is 586. The summed E-state index contributed by atoms with van der Waals surface area (Å²) in [7, 11) is 0. The predicted molar refractivity (Wildman–Crippen MR) is 131 cm³/mol. The normalized spacial score (nSPS) is 19.2. The van der Waals surface area contributed by atoms with Crippen molar-refractivity contribution in [3.63, 3.8) is 0 Å². The third-order valence-electron chi connectivity index (χ3n) is 6.99. The van der Waals surface area contributed by atoms with E-state index in [1.807, 2.05) is 13.8 Å². The third kappa shape index (κ3) is 10.6. The second-order valence-electron chi connectivity index (χ2n) is 9.82. The van der Waals surface area contributed by atoms with E-state index in [4.69, 9.17) is 0 Å². The molecule has 1 fully saturated rings. The maximum atomic E-state index is 11.7. The molecule has 0 saturated heterocycles. The summed E-state index contributed by atoms with van der Waals surface area (Å²) in [4.78, 5) is 11.7. The van der Waals surface area contributed by atoms with Gasteiger partial charge < -0.3 is 0 Å². The fourth-order valence-corrected chi connectivity index (χ4v) is 4.96. The molecule has 1 aromatic carbocycles. The van der Waals surface area contributed by atoms with Crippen molar-refractivity contribution in [2.75, 3.05) is 0 Å². The Kier molecular flexibility index (Phi) is 12.8. The SMILES string of the molecule is CC(C)C(=O)CCC/C=C\CC1CCCC1CCCCCCCCc1ccccc1. The highest BCUT2D eigenvalue weighted by molar-refractivity contribution is 5.80. The smallest absolute Gasteiger partial charge is 0.135 e. The zero-order valence-electron chi connectivity index (χ0n) is 19.8. The van der Waals surface area contributed by atoms with Crippen molar-refractivity contribution in [3.05, 3.63) is 48.0 Å². The topological polar surface area (TPSA) is 17.1 Å². The molecule has 0 radical (unpaired) electrons. The number of aryl methyl sites for hydroxylation is 1. The van der Waals surface area contributed by atoms with E-state index in [1.165, 1.54) is 82.6 Å². The number of hydrogen-bond acceptors (Lipinski definition) is 1. The van der Waals surface area contributed by atoms with E-state index in [-0.39, 0.29) is 5.92 Å². The van der Waals surface area contributed by atoms with Crippen molar-refractivity contribution in [3.8, 4) is 0 Å². The van der Waals surface area contributed by atoms with Crippen molar-refractivity contribution in [1.82, 2.24) is 0 Å². The summed E-state index contributed by atoms with van der Waals surface area (Å²) < 4.78 is 0. The van der Waals surface area contributed by atoms with Crippen LogP contribution in [-0.2, 0) is 11.2 Å². The quantitative estimate of drug-likeness (QED) is 0.197. The third-order valence-corrected chi connectivity index (χ3v) is 6.99. The minimum absolute atomic E-state index is 0.197. The first kappa shape index (κ1) is 24.9. The standard InChI is InChI=1S/C29H46O/c1-25(2)29(30)24-15-8-7-14-21-28-23-16-22-27(28)20-13-6-4-3-5-10-17-26-18-11-9-12-19-26/h7,9,11-12,14,18-19,25,27-28H,3-6,8,10,13,15-17,20-24H2,1-2H3/b14-7-. The molecular formula is C29H46O. The van der Waals surface area contributed by atoms with Crippen LogP contribution in [-0.4, -0.2) is 5.78 Å². The fraction of sp³-hybridized carbons (Fsp3) is 0.690. The van der Waals surface area contributed by atoms with Crippen molar-refractivity contribution in [2.24, 2.45) is 17.8 Å². The van der Waals surface area contributed by atoms with E-state index in [9.17, 15) is 4.79 Å². The zero-order chi connectivity index (χ0) is 21.4. The van der Waals surface area contributed by atoms with Gasteiger partial charge in [-0.2, -0.15) is 0 Å². The average molecular weight is 411 g/mol. The molecule has 2 unspecified atom stereocenters. The zero-order valence-corrected chi connectivity index (χ0v) is 19.8. The molecule has 0 bridgehead atoms. The molecule has 30 heavy (non-hydrogen) atoms. The largest absolute Gasteiger partial charge is 0.299 e. The summed E-state index contributed by atoms with van der Waals surface area (Å²) in [6.07, 6.45) is 24.3. The molecule has 168 valence electrons. The lowest BCUT2D eigenvalue weighted by Gasteiger charge is -2.18. The Labute approximate surface area is 186 Å². The van der Waals surface area contributed by atoms with Gasteiger partial charge in [-0.1, -0.05) is 108 Å². The average Bonchev–Trinajstić information content (AvgIpc) is 3.20. The van der Waals surface area contributed by atoms with Crippen LogP contribution >= 0.6 is 0 Å². The molecule has 0 amide bonds. The van der Waals surface area contributed by atoms with Gasteiger partial charge >= 0.3 is 0 Å². The number of benzene rings is 1. The Hall–Kier alpha value is -1.37. The van der Waals surface area contributed by atoms with E-state index in [2.05, 4.69) is 42.5 Å². The van der Waals surface area contributed by atoms with Crippen LogP contribution in [0.25, 0.3) is 0 Å². The molecule has 1 aliphatic carbocycles. The first-order chi connectivity index (χ1) is 14.7. The molecular weight excluding hydrogens is 364 g/mol. The summed E-state index contributed by atoms with van der Waals surface area (Å²) in [5.41, 5.74) is 1.49. The lowest BCUT2D eigenvalue weighted by atomic mass is 9.88. The van der Waals surface area contributed by atoms with Gasteiger partial charge in [-0.25, -0.2) is 0 Å². The Balaban J connectivity index is 1.46. The molecule has 1 aromatic rings. The molecule has 0 aliphatic heterocycles. The lowest BCUT2D eigenvalue weighted by molar-refractivity contribution is -0.121. The van der Waals surface area contributed by atoms with Crippen LogP contribution in [0.15, 0.2) is 42.5 Å². The highest BCUT2D eigenvalue weighted by Crippen LogP contribution is 2.37. The summed E-state index contributed by atoms with van der Waals surface area (Å²) in [5, 5.41) is 0. The molecule has 0 heterocycles. The Morgan fingerprint density at radius 2 is 1.60 bits per heavy atom. The van der Waals surface area contributed by atoms with Crippen molar-refractivity contribution >= 4 is 5.78 Å². The van der Waals surface area contributed by atoms with Crippen molar-refractivity contribution in [1.29, 1.82) is 0 Å². The van der Waals surface area contributed by atoms with Gasteiger partial charge in [0, 0.05) is 12.3 Å². The molecule has 0 N–H and O–H groups in total. The van der Waals surface area contributed by atoms with E-state index < -0.39 is 0 Å². The summed E-state index contributed by atoms with van der Waals surface area (Å²) in [5.74, 6) is 2.50. The van der Waals surface area contributed by atoms with Crippen molar-refractivity contribution in [2.45, 2.75) is 110 Å². The molecule has 1 saturated carbocycles. The van der Waals surface area contributed by atoms with Crippen LogP contribution in [0.5, 0.6) is 0 Å². The summed E-state index contributed by atoms with van der Waals surface area (Å²) >= 11 is 0. The van der Waals surface area contributed by atoms with Gasteiger partial charge in [0.2, 0.25) is 0 Å². The van der Waals surface area contributed by atoms with Gasteiger partial charge in [-0.3, -0.25) is 4.79 Å². The van der Waals surface area contributed by atoms with Gasteiger partial charge in [-0.15, -0.1) is 0 Å². The molecule has 1 aliphatic rings. The Morgan fingerprint density at radius 3 is 2.37 bits per heavy atom. The van der Waals surface area contributed by atoms with E-state index in [0.717, 1.165) is 31.1 Å². The summed E-state index contributed by atoms with van der Waals surface area (Å²) in [6.45, 7) is 4.01. The molecule has 1 nitrogen and oxygen atoms in total. The maximum Gasteiger partial charge on any atom is 0.135 e. The summed E-state index contributed by atoms with van der Waals surface area (Å²) in [6, 6.07) is 10.9. The predicted octanol–water partition coefficient (Wildman–Crippen LogP) is 8.72. The maximum absolute atomic E-state index is 11.7. The molecule has 2 atom stereocenters. The van der Waals surface area contributed by atoms with Crippen molar-refractivity contribution < 1.29 is 4.79 Å². The second kappa shape index (κ2) is 15.4. The molecule has 0 spiro atoms. The lowest BCUT2D eigenvalue weighted by Crippen LogP contribution is -2.07. The number of ketones is 1. The van der Waals surface area contributed by atoms with E-state index in [1.54, 1.807) is 0 Å². The van der Waals surface area contributed by atoms with Gasteiger partial charge in [0.1, 0.15) is 5.78 Å². The number of allylic oxidation sites excluding steroid dienone is 2. The number of carbonyl (C=O) groups is 1. The van der Waals surface area contributed by atoms with Crippen LogP contribution in [0.3, 0.4) is 0 Å². The number of carbonyl (C=O) groups excluding carboxylic acids is 1. The van der Waals surface area contributed by atoms with Gasteiger partial charge in [0.05, 0.1) is 0 Å². The van der Waals surface area contributed by atoms with Crippen LogP contribution < -0.4 is 0 Å². The number of Topliss-reactive ketones (excluding diaryl/α,β-unsaturated/α-hetero) is 1. The monoisotopic (exact) mass is 410 g/mol.